The molecule has 1 N–H and O–H groups in total. The van der Waals surface area contributed by atoms with Crippen molar-refractivity contribution in [3.05, 3.63) is 29.8 Å². The first-order valence-corrected chi connectivity index (χ1v) is 8.03. The SMILES string of the molecule is O=C1c2ccccc2NC(C2CCCCC2)N1C1CC1. The number of amides is 1. The van der Waals surface area contributed by atoms with Crippen molar-refractivity contribution in [3.63, 3.8) is 0 Å². The molecule has 2 fully saturated rings. The molecule has 0 bridgehead atoms. The number of para-hydroxylation sites is 1. The van der Waals surface area contributed by atoms with E-state index in [9.17, 15) is 4.79 Å². The van der Waals surface area contributed by atoms with Crippen LogP contribution in [0.5, 0.6) is 0 Å². The molecule has 2 saturated carbocycles. The van der Waals surface area contributed by atoms with Crippen molar-refractivity contribution in [1.82, 2.24) is 4.90 Å². The summed E-state index contributed by atoms with van der Waals surface area (Å²) in [7, 11) is 0. The predicted octanol–water partition coefficient (Wildman–Crippen LogP) is 3.62. The maximum Gasteiger partial charge on any atom is 0.257 e. The summed E-state index contributed by atoms with van der Waals surface area (Å²) in [6.45, 7) is 0. The van der Waals surface area contributed by atoms with Crippen molar-refractivity contribution in [3.8, 4) is 0 Å². The van der Waals surface area contributed by atoms with Gasteiger partial charge in [-0.25, -0.2) is 0 Å². The normalized spacial score (nSPS) is 27.1. The Morgan fingerprint density at radius 2 is 1.75 bits per heavy atom. The third-order valence-electron chi connectivity index (χ3n) is 5.03. The molecule has 3 aliphatic rings. The van der Waals surface area contributed by atoms with E-state index in [2.05, 4.69) is 10.2 Å². The maximum atomic E-state index is 12.8. The maximum absolute atomic E-state index is 12.8. The van der Waals surface area contributed by atoms with Gasteiger partial charge in [0.1, 0.15) is 6.17 Å². The molecular formula is C17H22N2O. The Balaban J connectivity index is 1.68. The topological polar surface area (TPSA) is 32.3 Å². The van der Waals surface area contributed by atoms with E-state index in [0.29, 0.717) is 12.0 Å². The van der Waals surface area contributed by atoms with Crippen LogP contribution in [0.2, 0.25) is 0 Å². The largest absolute Gasteiger partial charge is 0.364 e. The first-order chi connectivity index (χ1) is 9.84. The van der Waals surface area contributed by atoms with Gasteiger partial charge < -0.3 is 10.2 Å². The van der Waals surface area contributed by atoms with Gasteiger partial charge in [0.05, 0.1) is 5.56 Å². The zero-order valence-corrected chi connectivity index (χ0v) is 11.8. The first kappa shape index (κ1) is 12.2. The number of benzene rings is 1. The van der Waals surface area contributed by atoms with E-state index in [4.69, 9.17) is 0 Å². The lowest BCUT2D eigenvalue weighted by Gasteiger charge is -2.43. The van der Waals surface area contributed by atoms with E-state index in [1.807, 2.05) is 24.3 Å². The molecule has 1 heterocycles. The lowest BCUT2D eigenvalue weighted by Crippen LogP contribution is -2.53. The zero-order valence-electron chi connectivity index (χ0n) is 11.8. The van der Waals surface area contributed by atoms with E-state index < -0.39 is 0 Å². The van der Waals surface area contributed by atoms with Gasteiger partial charge in [0.25, 0.3) is 5.91 Å². The Kier molecular flexibility index (Phi) is 2.94. The molecule has 106 valence electrons. The molecule has 1 aliphatic heterocycles. The molecule has 1 amide bonds. The van der Waals surface area contributed by atoms with Crippen molar-refractivity contribution < 1.29 is 4.79 Å². The number of hydrogen-bond donors (Lipinski definition) is 1. The number of nitrogens with one attached hydrogen (secondary N) is 1. The van der Waals surface area contributed by atoms with Crippen molar-refractivity contribution in [2.45, 2.75) is 57.2 Å². The van der Waals surface area contributed by atoms with Crippen LogP contribution in [-0.4, -0.2) is 23.0 Å². The molecule has 2 aliphatic carbocycles. The van der Waals surface area contributed by atoms with E-state index in [0.717, 1.165) is 11.3 Å². The molecule has 1 atom stereocenters. The van der Waals surface area contributed by atoms with E-state index in [1.54, 1.807) is 0 Å². The Labute approximate surface area is 120 Å². The van der Waals surface area contributed by atoms with Gasteiger partial charge in [-0.15, -0.1) is 0 Å². The average Bonchev–Trinajstić information content (AvgIpc) is 3.33. The quantitative estimate of drug-likeness (QED) is 0.890. The molecule has 1 unspecified atom stereocenters. The fourth-order valence-corrected chi connectivity index (χ4v) is 3.83. The van der Waals surface area contributed by atoms with E-state index in [-0.39, 0.29) is 12.1 Å². The number of anilines is 1. The third-order valence-corrected chi connectivity index (χ3v) is 5.03. The van der Waals surface area contributed by atoms with Crippen LogP contribution in [0.1, 0.15) is 55.3 Å². The van der Waals surface area contributed by atoms with Gasteiger partial charge in [0.2, 0.25) is 0 Å². The molecule has 0 saturated heterocycles. The number of carbonyl (C=O) groups is 1. The molecule has 0 radical (unpaired) electrons. The Morgan fingerprint density at radius 3 is 2.50 bits per heavy atom. The summed E-state index contributed by atoms with van der Waals surface area (Å²) in [5.74, 6) is 0.874. The minimum absolute atomic E-state index is 0.227. The number of nitrogens with zero attached hydrogens (tertiary/aromatic N) is 1. The minimum atomic E-state index is 0.227. The predicted molar refractivity (Wildman–Crippen MR) is 79.6 cm³/mol. The summed E-state index contributed by atoms with van der Waals surface area (Å²) in [5.41, 5.74) is 1.89. The molecule has 0 spiro atoms. The molecule has 3 nitrogen and oxygen atoms in total. The van der Waals surface area contributed by atoms with Crippen LogP contribution in [0.4, 0.5) is 5.69 Å². The minimum Gasteiger partial charge on any atom is -0.364 e. The number of carbonyl (C=O) groups excluding carboxylic acids is 1. The summed E-state index contributed by atoms with van der Waals surface area (Å²) in [6.07, 6.45) is 9.10. The van der Waals surface area contributed by atoms with E-state index in [1.165, 1.54) is 44.9 Å². The smallest absolute Gasteiger partial charge is 0.257 e. The van der Waals surface area contributed by atoms with Crippen molar-refractivity contribution in [1.29, 1.82) is 0 Å². The van der Waals surface area contributed by atoms with Gasteiger partial charge >= 0.3 is 0 Å². The second-order valence-electron chi connectivity index (χ2n) is 6.48. The summed E-state index contributed by atoms with van der Waals surface area (Å²) in [6, 6.07) is 8.47. The van der Waals surface area contributed by atoms with Crippen LogP contribution >= 0.6 is 0 Å². The van der Waals surface area contributed by atoms with Crippen LogP contribution in [0, 0.1) is 5.92 Å². The number of fused-ring (bicyclic) bond motifs is 1. The van der Waals surface area contributed by atoms with Crippen molar-refractivity contribution >= 4 is 11.6 Å². The van der Waals surface area contributed by atoms with Gasteiger partial charge in [-0.3, -0.25) is 4.79 Å². The average molecular weight is 270 g/mol. The standard InChI is InChI=1S/C17H22N2O/c20-17-14-8-4-5-9-15(14)18-16(19(17)13-10-11-13)12-6-2-1-3-7-12/h4-5,8-9,12-13,16,18H,1-3,6-7,10-11H2. The van der Waals surface area contributed by atoms with Gasteiger partial charge in [-0.2, -0.15) is 0 Å². The van der Waals surface area contributed by atoms with E-state index >= 15 is 0 Å². The second kappa shape index (κ2) is 4.80. The van der Waals surface area contributed by atoms with Gasteiger partial charge in [-0.05, 0) is 43.7 Å². The highest BCUT2D eigenvalue weighted by molar-refractivity contribution is 6.02. The monoisotopic (exact) mass is 270 g/mol. The molecule has 0 aromatic heterocycles. The Hall–Kier alpha value is -1.51. The molecule has 1 aromatic rings. The van der Waals surface area contributed by atoms with Gasteiger partial charge in [-0.1, -0.05) is 31.4 Å². The van der Waals surface area contributed by atoms with Gasteiger partial charge in [0.15, 0.2) is 0 Å². The fourth-order valence-electron chi connectivity index (χ4n) is 3.83. The fraction of sp³-hybridized carbons (Fsp3) is 0.588. The Morgan fingerprint density at radius 1 is 1.00 bits per heavy atom. The highest BCUT2D eigenvalue weighted by Crippen LogP contribution is 2.40. The number of rotatable bonds is 2. The first-order valence-electron chi connectivity index (χ1n) is 8.03. The lowest BCUT2D eigenvalue weighted by molar-refractivity contribution is 0.0569. The molecule has 1 aromatic carbocycles. The third kappa shape index (κ3) is 2.00. The van der Waals surface area contributed by atoms with Crippen LogP contribution in [0.3, 0.4) is 0 Å². The summed E-state index contributed by atoms with van der Waals surface area (Å²) >= 11 is 0. The molecule has 20 heavy (non-hydrogen) atoms. The van der Waals surface area contributed by atoms with Crippen molar-refractivity contribution in [2.24, 2.45) is 5.92 Å². The number of hydrogen-bond acceptors (Lipinski definition) is 2. The van der Waals surface area contributed by atoms with Gasteiger partial charge in [0, 0.05) is 11.7 Å². The molecule has 4 rings (SSSR count). The van der Waals surface area contributed by atoms with Crippen LogP contribution in [0.25, 0.3) is 0 Å². The second-order valence-corrected chi connectivity index (χ2v) is 6.48. The van der Waals surface area contributed by atoms with Crippen LogP contribution in [0.15, 0.2) is 24.3 Å². The van der Waals surface area contributed by atoms with Crippen molar-refractivity contribution in [2.75, 3.05) is 5.32 Å². The molecule has 3 heteroatoms. The highest BCUT2D eigenvalue weighted by atomic mass is 16.2. The lowest BCUT2D eigenvalue weighted by atomic mass is 9.85. The molecular weight excluding hydrogens is 248 g/mol. The van der Waals surface area contributed by atoms with Crippen LogP contribution in [-0.2, 0) is 0 Å². The Bertz CT molecular complexity index is 517. The summed E-state index contributed by atoms with van der Waals surface area (Å²) < 4.78 is 0. The summed E-state index contributed by atoms with van der Waals surface area (Å²) in [4.78, 5) is 15.0. The van der Waals surface area contributed by atoms with Crippen LogP contribution < -0.4 is 5.32 Å². The highest BCUT2D eigenvalue weighted by Gasteiger charge is 2.44. The zero-order chi connectivity index (χ0) is 13.5. The summed E-state index contributed by atoms with van der Waals surface area (Å²) in [5, 5.41) is 3.67.